The SMILES string of the molecule is CCn1c(SCc2cn3ccccc3n2)nnc1C(C)Oc1cccc(Cl)c1. The second-order valence-corrected chi connectivity index (χ2v) is 7.67. The molecule has 28 heavy (non-hydrogen) atoms. The van der Waals surface area contributed by atoms with Gasteiger partial charge in [0, 0.05) is 29.7 Å². The molecule has 0 amide bonds. The number of hydrogen-bond donors (Lipinski definition) is 0. The maximum absolute atomic E-state index is 6.04. The van der Waals surface area contributed by atoms with Crippen LogP contribution in [0.4, 0.5) is 0 Å². The lowest BCUT2D eigenvalue weighted by atomic mass is 10.3. The first-order valence-corrected chi connectivity index (χ1v) is 10.4. The van der Waals surface area contributed by atoms with Crippen LogP contribution in [0, 0.1) is 0 Å². The monoisotopic (exact) mass is 413 g/mol. The molecule has 0 aliphatic carbocycles. The van der Waals surface area contributed by atoms with E-state index in [1.165, 1.54) is 0 Å². The van der Waals surface area contributed by atoms with Gasteiger partial charge in [0.2, 0.25) is 0 Å². The van der Waals surface area contributed by atoms with Crippen molar-refractivity contribution in [3.05, 3.63) is 71.4 Å². The topological polar surface area (TPSA) is 57.2 Å². The summed E-state index contributed by atoms with van der Waals surface area (Å²) in [5, 5.41) is 10.2. The molecular weight excluding hydrogens is 394 g/mol. The van der Waals surface area contributed by atoms with Crippen LogP contribution in [0.15, 0.2) is 60.0 Å². The van der Waals surface area contributed by atoms with Gasteiger partial charge in [0.05, 0.1) is 5.69 Å². The van der Waals surface area contributed by atoms with Gasteiger partial charge in [-0.2, -0.15) is 0 Å². The molecule has 4 aromatic rings. The molecule has 0 radical (unpaired) electrons. The fourth-order valence-electron chi connectivity index (χ4n) is 3.00. The summed E-state index contributed by atoms with van der Waals surface area (Å²) in [6, 6.07) is 13.3. The number of nitrogens with zero attached hydrogens (tertiary/aromatic N) is 5. The zero-order valence-electron chi connectivity index (χ0n) is 15.6. The molecule has 0 spiro atoms. The van der Waals surface area contributed by atoms with E-state index in [0.717, 1.165) is 34.6 Å². The molecule has 0 bridgehead atoms. The van der Waals surface area contributed by atoms with E-state index in [2.05, 4.69) is 26.7 Å². The minimum atomic E-state index is -0.240. The molecule has 144 valence electrons. The van der Waals surface area contributed by atoms with Crippen LogP contribution >= 0.6 is 23.4 Å². The first-order valence-electron chi connectivity index (χ1n) is 9.04. The maximum Gasteiger partial charge on any atom is 0.191 e. The largest absolute Gasteiger partial charge is 0.483 e. The quantitative estimate of drug-likeness (QED) is 0.397. The van der Waals surface area contributed by atoms with Crippen LogP contribution in [-0.4, -0.2) is 24.1 Å². The molecule has 0 N–H and O–H groups in total. The lowest BCUT2D eigenvalue weighted by Crippen LogP contribution is -2.12. The van der Waals surface area contributed by atoms with Gasteiger partial charge in [-0.1, -0.05) is 35.5 Å². The van der Waals surface area contributed by atoms with Gasteiger partial charge in [0.15, 0.2) is 17.1 Å². The molecule has 0 aliphatic heterocycles. The third-order valence-corrected chi connectivity index (χ3v) is 5.53. The van der Waals surface area contributed by atoms with Gasteiger partial charge < -0.3 is 13.7 Å². The minimum Gasteiger partial charge on any atom is -0.483 e. The predicted octanol–water partition coefficient (Wildman–Crippen LogP) is 5.03. The van der Waals surface area contributed by atoms with Crippen LogP contribution in [0.5, 0.6) is 5.75 Å². The van der Waals surface area contributed by atoms with E-state index in [9.17, 15) is 0 Å². The van der Waals surface area contributed by atoms with E-state index in [-0.39, 0.29) is 6.10 Å². The van der Waals surface area contributed by atoms with Crippen LogP contribution in [0.3, 0.4) is 0 Å². The normalized spacial score (nSPS) is 12.4. The molecule has 6 nitrogen and oxygen atoms in total. The highest BCUT2D eigenvalue weighted by Crippen LogP contribution is 2.27. The van der Waals surface area contributed by atoms with Crippen LogP contribution < -0.4 is 4.74 Å². The number of fused-ring (bicyclic) bond motifs is 1. The van der Waals surface area contributed by atoms with E-state index in [0.29, 0.717) is 10.8 Å². The Hall–Kier alpha value is -2.51. The highest BCUT2D eigenvalue weighted by molar-refractivity contribution is 7.98. The number of ether oxygens (including phenoxy) is 1. The first-order chi connectivity index (χ1) is 13.6. The summed E-state index contributed by atoms with van der Waals surface area (Å²) in [5.41, 5.74) is 1.95. The first kappa shape index (κ1) is 18.8. The standard InChI is InChI=1S/C20H20ClN5OS/c1-3-26-19(14(2)27-17-8-6-7-15(21)11-17)23-24-20(26)28-13-16-12-25-10-5-4-9-18(25)22-16/h4-12,14H,3,13H2,1-2H3. The Morgan fingerprint density at radius 2 is 2.07 bits per heavy atom. The molecule has 3 aromatic heterocycles. The van der Waals surface area contributed by atoms with Crippen molar-refractivity contribution in [2.45, 2.75) is 37.4 Å². The highest BCUT2D eigenvalue weighted by atomic mass is 35.5. The van der Waals surface area contributed by atoms with Crippen molar-refractivity contribution in [3.63, 3.8) is 0 Å². The summed E-state index contributed by atoms with van der Waals surface area (Å²) in [5.74, 6) is 2.23. The third-order valence-electron chi connectivity index (χ3n) is 4.30. The van der Waals surface area contributed by atoms with Crippen molar-refractivity contribution < 1.29 is 4.74 Å². The molecule has 0 saturated heterocycles. The van der Waals surface area contributed by atoms with Gasteiger partial charge in [0.1, 0.15) is 11.4 Å². The summed E-state index contributed by atoms with van der Waals surface area (Å²) in [6.45, 7) is 4.81. The van der Waals surface area contributed by atoms with Crippen LogP contribution in [0.25, 0.3) is 5.65 Å². The Morgan fingerprint density at radius 3 is 2.86 bits per heavy atom. The van der Waals surface area contributed by atoms with Gasteiger partial charge in [-0.05, 0) is 44.2 Å². The average Bonchev–Trinajstić information content (AvgIpc) is 3.29. The summed E-state index contributed by atoms with van der Waals surface area (Å²) in [6.07, 6.45) is 3.80. The third kappa shape index (κ3) is 4.00. The van der Waals surface area contributed by atoms with Gasteiger partial charge in [-0.15, -0.1) is 10.2 Å². The number of rotatable bonds is 7. The molecule has 1 atom stereocenters. The highest BCUT2D eigenvalue weighted by Gasteiger charge is 2.19. The fraction of sp³-hybridized carbons (Fsp3) is 0.250. The zero-order chi connectivity index (χ0) is 19.5. The second-order valence-electron chi connectivity index (χ2n) is 6.29. The Morgan fingerprint density at radius 1 is 1.18 bits per heavy atom. The number of aromatic nitrogens is 5. The maximum atomic E-state index is 6.04. The van der Waals surface area contributed by atoms with Gasteiger partial charge in [-0.3, -0.25) is 0 Å². The van der Waals surface area contributed by atoms with Crippen LogP contribution in [0.1, 0.15) is 31.5 Å². The summed E-state index contributed by atoms with van der Waals surface area (Å²) >= 11 is 7.67. The molecule has 4 rings (SSSR count). The van der Waals surface area contributed by atoms with Gasteiger partial charge in [-0.25, -0.2) is 4.98 Å². The van der Waals surface area contributed by atoms with Gasteiger partial charge in [0.25, 0.3) is 0 Å². The molecule has 0 aliphatic rings. The Bertz CT molecular complexity index is 1060. The van der Waals surface area contributed by atoms with E-state index < -0.39 is 0 Å². The van der Waals surface area contributed by atoms with Crippen LogP contribution in [0.2, 0.25) is 5.02 Å². The zero-order valence-corrected chi connectivity index (χ0v) is 17.2. The molecule has 0 saturated carbocycles. The number of thioether (sulfide) groups is 1. The van der Waals surface area contributed by atoms with Crippen molar-refractivity contribution in [1.82, 2.24) is 24.1 Å². The van der Waals surface area contributed by atoms with Crippen molar-refractivity contribution >= 4 is 29.0 Å². The van der Waals surface area contributed by atoms with E-state index in [1.807, 2.05) is 60.1 Å². The Labute approximate surface area is 172 Å². The number of pyridine rings is 1. The van der Waals surface area contributed by atoms with Gasteiger partial charge >= 0.3 is 0 Å². The fourth-order valence-corrected chi connectivity index (χ4v) is 4.07. The minimum absolute atomic E-state index is 0.240. The smallest absolute Gasteiger partial charge is 0.191 e. The number of benzene rings is 1. The molecule has 3 heterocycles. The lowest BCUT2D eigenvalue weighted by Gasteiger charge is -2.15. The molecule has 1 unspecified atom stereocenters. The number of halogens is 1. The van der Waals surface area contributed by atoms with E-state index >= 15 is 0 Å². The predicted molar refractivity (Wildman–Crippen MR) is 111 cm³/mol. The summed E-state index contributed by atoms with van der Waals surface area (Å²) in [7, 11) is 0. The summed E-state index contributed by atoms with van der Waals surface area (Å²) in [4.78, 5) is 4.64. The Balaban J connectivity index is 1.48. The molecule has 8 heteroatoms. The number of imidazole rings is 1. The Kier molecular flexibility index (Phi) is 5.54. The molecular formula is C20H20ClN5OS. The van der Waals surface area contributed by atoms with Crippen molar-refractivity contribution in [1.29, 1.82) is 0 Å². The number of hydrogen-bond acceptors (Lipinski definition) is 5. The molecule has 0 fully saturated rings. The van der Waals surface area contributed by atoms with E-state index in [4.69, 9.17) is 16.3 Å². The summed E-state index contributed by atoms with van der Waals surface area (Å²) < 4.78 is 10.1. The van der Waals surface area contributed by atoms with Crippen molar-refractivity contribution in [3.8, 4) is 5.75 Å². The van der Waals surface area contributed by atoms with Crippen LogP contribution in [-0.2, 0) is 12.3 Å². The van der Waals surface area contributed by atoms with Crippen molar-refractivity contribution in [2.24, 2.45) is 0 Å². The average molecular weight is 414 g/mol. The van der Waals surface area contributed by atoms with Crippen molar-refractivity contribution in [2.75, 3.05) is 0 Å². The second kappa shape index (κ2) is 8.24. The van der Waals surface area contributed by atoms with E-state index in [1.54, 1.807) is 17.8 Å². The lowest BCUT2D eigenvalue weighted by molar-refractivity contribution is 0.210. The molecule has 1 aromatic carbocycles.